The zero-order valence-corrected chi connectivity index (χ0v) is 13.8. The summed E-state index contributed by atoms with van der Waals surface area (Å²) in [6.07, 6.45) is 3.74. The highest BCUT2D eigenvalue weighted by Crippen LogP contribution is 2.48. The van der Waals surface area contributed by atoms with Crippen molar-refractivity contribution in [3.8, 4) is 5.75 Å². The fourth-order valence-corrected chi connectivity index (χ4v) is 3.69. The molecule has 3 heteroatoms. The molecular formula is C17H26ClNO. The van der Waals surface area contributed by atoms with Gasteiger partial charge in [-0.15, -0.1) is 0 Å². The van der Waals surface area contributed by atoms with Crippen LogP contribution in [0.3, 0.4) is 0 Å². The number of hydrogen-bond acceptors (Lipinski definition) is 2. The van der Waals surface area contributed by atoms with Crippen molar-refractivity contribution in [2.24, 2.45) is 11.3 Å². The van der Waals surface area contributed by atoms with Crippen molar-refractivity contribution >= 4 is 11.6 Å². The number of halogens is 1. The topological polar surface area (TPSA) is 21.3 Å². The van der Waals surface area contributed by atoms with Crippen LogP contribution < -0.4 is 10.1 Å². The Labute approximate surface area is 127 Å². The Bertz CT molecular complexity index is 458. The minimum atomic E-state index is 0.391. The summed E-state index contributed by atoms with van der Waals surface area (Å²) in [6, 6.07) is 6.00. The number of benzene rings is 1. The molecule has 1 fully saturated rings. The number of nitrogens with one attached hydrogen (secondary N) is 1. The van der Waals surface area contributed by atoms with Crippen LogP contribution in [0.4, 0.5) is 0 Å². The molecule has 1 aromatic carbocycles. The molecule has 1 N–H and O–H groups in total. The molecule has 2 unspecified atom stereocenters. The monoisotopic (exact) mass is 295 g/mol. The second-order valence-electron chi connectivity index (χ2n) is 6.72. The summed E-state index contributed by atoms with van der Waals surface area (Å²) in [4.78, 5) is 0. The highest BCUT2D eigenvalue weighted by atomic mass is 35.5. The van der Waals surface area contributed by atoms with Gasteiger partial charge in [0.05, 0.1) is 7.11 Å². The molecule has 0 radical (unpaired) electrons. The molecule has 1 aliphatic carbocycles. The van der Waals surface area contributed by atoms with E-state index < -0.39 is 0 Å². The third kappa shape index (κ3) is 3.48. The Kier molecular flexibility index (Phi) is 4.98. The van der Waals surface area contributed by atoms with Crippen LogP contribution in [-0.2, 0) is 0 Å². The van der Waals surface area contributed by atoms with Gasteiger partial charge < -0.3 is 10.1 Å². The average molecular weight is 296 g/mol. The van der Waals surface area contributed by atoms with Gasteiger partial charge in [-0.05, 0) is 73.9 Å². The fourth-order valence-electron chi connectivity index (χ4n) is 3.51. The fraction of sp³-hybridized carbons (Fsp3) is 0.647. The summed E-state index contributed by atoms with van der Waals surface area (Å²) in [5.74, 6) is 2.14. The van der Waals surface area contributed by atoms with E-state index in [9.17, 15) is 0 Å². The van der Waals surface area contributed by atoms with Crippen molar-refractivity contribution in [2.75, 3.05) is 20.7 Å². The van der Waals surface area contributed by atoms with E-state index in [0.29, 0.717) is 17.3 Å². The van der Waals surface area contributed by atoms with Gasteiger partial charge >= 0.3 is 0 Å². The molecule has 0 aromatic heterocycles. The number of rotatable bonds is 4. The lowest BCUT2D eigenvalue weighted by molar-refractivity contribution is 0.159. The summed E-state index contributed by atoms with van der Waals surface area (Å²) in [5, 5.41) is 4.14. The predicted molar refractivity (Wildman–Crippen MR) is 85.8 cm³/mol. The Morgan fingerprint density at radius 2 is 2.15 bits per heavy atom. The smallest absolute Gasteiger partial charge is 0.122 e. The van der Waals surface area contributed by atoms with E-state index in [0.717, 1.165) is 17.3 Å². The maximum atomic E-state index is 6.22. The number of hydrogen-bond donors (Lipinski definition) is 1. The van der Waals surface area contributed by atoms with E-state index in [1.807, 2.05) is 19.2 Å². The van der Waals surface area contributed by atoms with E-state index in [-0.39, 0.29) is 0 Å². The number of methoxy groups -OCH3 is 1. The lowest BCUT2D eigenvalue weighted by Gasteiger charge is -2.41. The lowest BCUT2D eigenvalue weighted by atomic mass is 9.65. The molecule has 112 valence electrons. The van der Waals surface area contributed by atoms with Crippen LogP contribution in [0.5, 0.6) is 5.75 Å². The van der Waals surface area contributed by atoms with Crippen LogP contribution in [-0.4, -0.2) is 20.7 Å². The summed E-state index contributed by atoms with van der Waals surface area (Å²) in [6.45, 7) is 5.79. The number of ether oxygens (including phenoxy) is 1. The minimum absolute atomic E-state index is 0.391. The van der Waals surface area contributed by atoms with Crippen molar-refractivity contribution < 1.29 is 4.74 Å². The largest absolute Gasteiger partial charge is 0.496 e. The van der Waals surface area contributed by atoms with Gasteiger partial charge in [0.1, 0.15) is 5.75 Å². The first-order valence-electron chi connectivity index (χ1n) is 7.45. The third-order valence-corrected chi connectivity index (χ3v) is 4.83. The quantitative estimate of drug-likeness (QED) is 0.884. The van der Waals surface area contributed by atoms with Crippen molar-refractivity contribution in [1.82, 2.24) is 5.32 Å². The second kappa shape index (κ2) is 6.36. The van der Waals surface area contributed by atoms with Crippen molar-refractivity contribution in [3.63, 3.8) is 0 Å². The van der Waals surface area contributed by atoms with Crippen molar-refractivity contribution in [3.05, 3.63) is 28.8 Å². The van der Waals surface area contributed by atoms with Crippen LogP contribution in [0, 0.1) is 11.3 Å². The molecule has 0 bridgehead atoms. The molecule has 2 nitrogen and oxygen atoms in total. The summed E-state index contributed by atoms with van der Waals surface area (Å²) in [5.41, 5.74) is 1.66. The lowest BCUT2D eigenvalue weighted by Crippen LogP contribution is -2.34. The zero-order chi connectivity index (χ0) is 14.8. The molecule has 1 saturated carbocycles. The maximum Gasteiger partial charge on any atom is 0.122 e. The molecule has 0 aliphatic heterocycles. The van der Waals surface area contributed by atoms with Gasteiger partial charge in [-0.2, -0.15) is 0 Å². The van der Waals surface area contributed by atoms with E-state index in [2.05, 4.69) is 25.2 Å². The van der Waals surface area contributed by atoms with Crippen LogP contribution in [0.15, 0.2) is 18.2 Å². The Morgan fingerprint density at radius 1 is 1.40 bits per heavy atom. The first-order chi connectivity index (χ1) is 9.46. The van der Waals surface area contributed by atoms with E-state index in [1.54, 1.807) is 7.11 Å². The molecule has 0 saturated heterocycles. The van der Waals surface area contributed by atoms with Gasteiger partial charge in [-0.25, -0.2) is 0 Å². The van der Waals surface area contributed by atoms with Gasteiger partial charge in [0, 0.05) is 5.02 Å². The molecular weight excluding hydrogens is 270 g/mol. The molecule has 20 heavy (non-hydrogen) atoms. The third-order valence-electron chi connectivity index (χ3n) is 4.59. The highest BCUT2D eigenvalue weighted by Gasteiger charge is 2.36. The molecule has 1 aromatic rings. The highest BCUT2D eigenvalue weighted by molar-refractivity contribution is 6.30. The minimum Gasteiger partial charge on any atom is -0.496 e. The zero-order valence-electron chi connectivity index (χ0n) is 13.0. The second-order valence-corrected chi connectivity index (χ2v) is 7.15. The van der Waals surface area contributed by atoms with Gasteiger partial charge in [0.2, 0.25) is 0 Å². The predicted octanol–water partition coefficient (Wildman–Crippen LogP) is 4.48. The standard InChI is InChI=1S/C17H26ClNO/c1-17(2)8-7-12(11-19-3)15(10-17)14-9-13(18)5-6-16(14)20-4/h5-6,9,12,15,19H,7-8,10-11H2,1-4H3. The average Bonchev–Trinajstić information content (AvgIpc) is 2.40. The van der Waals surface area contributed by atoms with Crippen LogP contribution >= 0.6 is 11.6 Å². The van der Waals surface area contributed by atoms with E-state index in [1.165, 1.54) is 24.8 Å². The maximum absolute atomic E-state index is 6.22. The Morgan fingerprint density at radius 3 is 2.80 bits per heavy atom. The summed E-state index contributed by atoms with van der Waals surface area (Å²) < 4.78 is 5.57. The first kappa shape index (κ1) is 15.7. The van der Waals surface area contributed by atoms with Gasteiger partial charge in [-0.3, -0.25) is 0 Å². The van der Waals surface area contributed by atoms with Crippen molar-refractivity contribution in [1.29, 1.82) is 0 Å². The molecule has 1 aliphatic rings. The van der Waals surface area contributed by atoms with Gasteiger partial charge in [0.25, 0.3) is 0 Å². The van der Waals surface area contributed by atoms with Gasteiger partial charge in [0.15, 0.2) is 0 Å². The van der Waals surface area contributed by atoms with Gasteiger partial charge in [-0.1, -0.05) is 25.4 Å². The SMILES string of the molecule is CNCC1CCC(C)(C)CC1c1cc(Cl)ccc1OC. The molecule has 2 atom stereocenters. The summed E-state index contributed by atoms with van der Waals surface area (Å²) in [7, 11) is 3.78. The normalized spacial score (nSPS) is 25.4. The Balaban J connectivity index is 2.36. The first-order valence-corrected chi connectivity index (χ1v) is 7.82. The molecule has 0 spiro atoms. The molecule has 0 amide bonds. The van der Waals surface area contributed by atoms with Crippen LogP contribution in [0.1, 0.15) is 44.6 Å². The molecule has 0 heterocycles. The van der Waals surface area contributed by atoms with Crippen LogP contribution in [0.2, 0.25) is 5.02 Å². The molecule has 2 rings (SSSR count). The van der Waals surface area contributed by atoms with Crippen LogP contribution in [0.25, 0.3) is 0 Å². The van der Waals surface area contributed by atoms with Crippen molar-refractivity contribution in [2.45, 2.75) is 39.0 Å². The van der Waals surface area contributed by atoms with E-state index in [4.69, 9.17) is 16.3 Å². The summed E-state index contributed by atoms with van der Waals surface area (Å²) >= 11 is 6.22. The van der Waals surface area contributed by atoms with E-state index >= 15 is 0 Å². The Hall–Kier alpha value is -0.730.